The first kappa shape index (κ1) is 30.4. The van der Waals surface area contributed by atoms with Crippen molar-refractivity contribution in [3.63, 3.8) is 0 Å². The van der Waals surface area contributed by atoms with Gasteiger partial charge in [0.05, 0.1) is 5.69 Å². The first-order valence-electron chi connectivity index (χ1n) is 17.8. The summed E-state index contributed by atoms with van der Waals surface area (Å²) < 4.78 is 2.67. The van der Waals surface area contributed by atoms with Crippen LogP contribution in [0.1, 0.15) is 0 Å². The third-order valence-corrected chi connectivity index (χ3v) is 11.4. The van der Waals surface area contributed by atoms with Crippen LogP contribution in [0.5, 0.6) is 0 Å². The summed E-state index contributed by atoms with van der Waals surface area (Å²) in [7, 11) is 0. The van der Waals surface area contributed by atoms with E-state index in [2.05, 4.69) is 205 Å². The Hall–Kier alpha value is -6.48. The van der Waals surface area contributed by atoms with Crippen molar-refractivity contribution >= 4 is 70.1 Å². The second kappa shape index (κ2) is 12.7. The molecule has 52 heavy (non-hydrogen) atoms. The molecule has 244 valence electrons. The Morgan fingerprint density at radius 1 is 0.308 bits per heavy atom. The maximum Gasteiger partial charge on any atom is 0.0540 e. The predicted molar refractivity (Wildman–Crippen MR) is 225 cm³/mol. The molecule has 0 amide bonds. The molecule has 0 N–H and O–H groups in total. The summed E-state index contributed by atoms with van der Waals surface area (Å²) in [5, 5.41) is 7.79. The molecule has 9 aromatic carbocycles. The fraction of sp³-hybridized carbons (Fsp3) is 0. The molecule has 0 bridgehead atoms. The minimum Gasteiger partial charge on any atom is -0.310 e. The van der Waals surface area contributed by atoms with Gasteiger partial charge < -0.3 is 4.90 Å². The van der Waals surface area contributed by atoms with Crippen LogP contribution >= 0.6 is 11.3 Å². The van der Waals surface area contributed by atoms with Crippen molar-refractivity contribution in [3.8, 4) is 33.4 Å². The van der Waals surface area contributed by atoms with Crippen LogP contribution in [-0.4, -0.2) is 0 Å². The van der Waals surface area contributed by atoms with E-state index in [9.17, 15) is 0 Å². The molecule has 0 radical (unpaired) electrons. The number of nitrogens with zero attached hydrogens (tertiary/aromatic N) is 1. The van der Waals surface area contributed by atoms with E-state index in [4.69, 9.17) is 0 Å². The lowest BCUT2D eigenvalue weighted by Crippen LogP contribution is -2.11. The standard InChI is InChI=1S/C50H33NS/c1-2-12-35(13-3-1)43-17-6-8-22-47(43)51(38-28-24-36(25-29-38)41-19-10-15-34-14-4-5-16-40(34)41)39-30-26-37(27-31-39)42-20-11-21-45-44(42)32-33-49-50(45)46-18-7-9-23-48(46)52-49/h1-33H. The Balaban J connectivity index is 1.10. The highest BCUT2D eigenvalue weighted by Gasteiger charge is 2.18. The van der Waals surface area contributed by atoms with Gasteiger partial charge in [-0.05, 0) is 91.8 Å². The van der Waals surface area contributed by atoms with Crippen molar-refractivity contribution in [2.75, 3.05) is 4.90 Å². The number of anilines is 3. The van der Waals surface area contributed by atoms with E-state index < -0.39 is 0 Å². The normalized spacial score (nSPS) is 11.5. The molecule has 0 atom stereocenters. The first-order valence-corrected chi connectivity index (χ1v) is 18.6. The summed E-state index contributed by atoms with van der Waals surface area (Å²) in [6.07, 6.45) is 0. The molecule has 10 aromatic rings. The van der Waals surface area contributed by atoms with Gasteiger partial charge in [0.25, 0.3) is 0 Å². The number of para-hydroxylation sites is 1. The van der Waals surface area contributed by atoms with Gasteiger partial charge in [-0.1, -0.05) is 158 Å². The topological polar surface area (TPSA) is 3.24 Å². The largest absolute Gasteiger partial charge is 0.310 e. The van der Waals surface area contributed by atoms with Gasteiger partial charge in [0.2, 0.25) is 0 Å². The molecule has 0 spiro atoms. The highest BCUT2D eigenvalue weighted by Crippen LogP contribution is 2.44. The molecule has 1 aromatic heterocycles. The maximum atomic E-state index is 2.39. The Kier molecular flexibility index (Phi) is 7.41. The van der Waals surface area contributed by atoms with Crippen molar-refractivity contribution in [2.45, 2.75) is 0 Å². The third kappa shape index (κ3) is 5.16. The molecule has 10 rings (SSSR count). The smallest absolute Gasteiger partial charge is 0.0540 e. The molecule has 0 aliphatic rings. The van der Waals surface area contributed by atoms with Crippen molar-refractivity contribution in [2.24, 2.45) is 0 Å². The van der Waals surface area contributed by atoms with Crippen LogP contribution in [0, 0.1) is 0 Å². The van der Waals surface area contributed by atoms with E-state index in [1.807, 2.05) is 11.3 Å². The quantitative estimate of drug-likeness (QED) is 0.169. The lowest BCUT2D eigenvalue weighted by atomic mass is 9.95. The number of benzene rings is 9. The van der Waals surface area contributed by atoms with E-state index >= 15 is 0 Å². The summed E-state index contributed by atoms with van der Waals surface area (Å²) in [6, 6.07) is 72.8. The van der Waals surface area contributed by atoms with E-state index in [0.29, 0.717) is 0 Å². The van der Waals surface area contributed by atoms with Crippen LogP contribution in [-0.2, 0) is 0 Å². The lowest BCUT2D eigenvalue weighted by Gasteiger charge is -2.28. The number of thiophene rings is 1. The maximum absolute atomic E-state index is 2.39. The minimum absolute atomic E-state index is 1.11. The fourth-order valence-electron chi connectivity index (χ4n) is 7.85. The first-order chi connectivity index (χ1) is 25.8. The van der Waals surface area contributed by atoms with Crippen LogP contribution in [0.4, 0.5) is 17.1 Å². The molecule has 0 saturated carbocycles. The SMILES string of the molecule is c1ccc(-c2ccccc2N(c2ccc(-c3cccc4ccccc34)cc2)c2ccc(-c3cccc4c3ccc3sc5ccccc5c34)cc2)cc1. The van der Waals surface area contributed by atoms with E-state index in [0.717, 1.165) is 17.1 Å². The zero-order valence-corrected chi connectivity index (χ0v) is 29.2. The van der Waals surface area contributed by atoms with Gasteiger partial charge in [-0.2, -0.15) is 0 Å². The third-order valence-electron chi connectivity index (χ3n) is 10.3. The average Bonchev–Trinajstić information content (AvgIpc) is 3.61. The summed E-state index contributed by atoms with van der Waals surface area (Å²) >= 11 is 1.87. The van der Waals surface area contributed by atoms with E-state index in [1.54, 1.807) is 0 Å². The molecule has 1 nitrogen and oxygen atoms in total. The molecule has 0 unspecified atom stereocenters. The lowest BCUT2D eigenvalue weighted by molar-refractivity contribution is 1.28. The van der Waals surface area contributed by atoms with Gasteiger partial charge >= 0.3 is 0 Å². The molecule has 0 aliphatic heterocycles. The Labute approximate surface area is 307 Å². The van der Waals surface area contributed by atoms with Crippen LogP contribution in [0.2, 0.25) is 0 Å². The Bertz CT molecular complexity index is 2880. The van der Waals surface area contributed by atoms with E-state index in [1.165, 1.54) is 75.1 Å². The summed E-state index contributed by atoms with van der Waals surface area (Å²) in [5.74, 6) is 0. The summed E-state index contributed by atoms with van der Waals surface area (Å²) in [4.78, 5) is 2.39. The molecule has 0 aliphatic carbocycles. The van der Waals surface area contributed by atoms with Crippen LogP contribution in [0.15, 0.2) is 200 Å². The zero-order chi connectivity index (χ0) is 34.4. The highest BCUT2D eigenvalue weighted by atomic mass is 32.1. The van der Waals surface area contributed by atoms with Gasteiger partial charge in [-0.3, -0.25) is 0 Å². The van der Waals surface area contributed by atoms with Gasteiger partial charge in [0.15, 0.2) is 0 Å². The Morgan fingerprint density at radius 3 is 1.62 bits per heavy atom. The monoisotopic (exact) mass is 679 g/mol. The van der Waals surface area contributed by atoms with Crippen molar-refractivity contribution in [1.29, 1.82) is 0 Å². The molecule has 0 fully saturated rings. The summed E-state index contributed by atoms with van der Waals surface area (Å²) in [5.41, 5.74) is 10.6. The van der Waals surface area contributed by atoms with Gasteiger partial charge in [-0.15, -0.1) is 11.3 Å². The van der Waals surface area contributed by atoms with Gasteiger partial charge in [0, 0.05) is 37.1 Å². The predicted octanol–water partition coefficient (Wildman–Crippen LogP) is 14.8. The van der Waals surface area contributed by atoms with Crippen molar-refractivity contribution in [1.82, 2.24) is 0 Å². The van der Waals surface area contributed by atoms with Gasteiger partial charge in [-0.25, -0.2) is 0 Å². The zero-order valence-electron chi connectivity index (χ0n) is 28.4. The van der Waals surface area contributed by atoms with Crippen molar-refractivity contribution < 1.29 is 0 Å². The molecule has 1 heterocycles. The number of hydrogen-bond donors (Lipinski definition) is 0. The van der Waals surface area contributed by atoms with Crippen LogP contribution < -0.4 is 4.90 Å². The molecular formula is C50H33NS. The highest BCUT2D eigenvalue weighted by molar-refractivity contribution is 7.26. The molecular weight excluding hydrogens is 647 g/mol. The van der Waals surface area contributed by atoms with Gasteiger partial charge in [0.1, 0.15) is 0 Å². The Morgan fingerprint density at radius 2 is 0.846 bits per heavy atom. The minimum atomic E-state index is 1.11. The average molecular weight is 680 g/mol. The van der Waals surface area contributed by atoms with E-state index in [-0.39, 0.29) is 0 Å². The second-order valence-corrected chi connectivity index (χ2v) is 14.4. The molecule has 2 heteroatoms. The molecule has 0 saturated heterocycles. The van der Waals surface area contributed by atoms with Crippen LogP contribution in [0.25, 0.3) is 75.1 Å². The number of fused-ring (bicyclic) bond motifs is 6. The summed E-state index contributed by atoms with van der Waals surface area (Å²) in [6.45, 7) is 0. The number of rotatable bonds is 6. The second-order valence-electron chi connectivity index (χ2n) is 13.3. The number of hydrogen-bond acceptors (Lipinski definition) is 2. The van der Waals surface area contributed by atoms with Crippen molar-refractivity contribution in [3.05, 3.63) is 200 Å². The van der Waals surface area contributed by atoms with Crippen LogP contribution in [0.3, 0.4) is 0 Å². The fourth-order valence-corrected chi connectivity index (χ4v) is 8.97.